The number of aromatic nitrogens is 1. The number of para-hydroxylation sites is 1. The number of pyridine rings is 1. The zero-order chi connectivity index (χ0) is 46.7. The van der Waals surface area contributed by atoms with Gasteiger partial charge in [0.05, 0.1) is 26.8 Å². The van der Waals surface area contributed by atoms with E-state index in [1.807, 2.05) is 0 Å². The van der Waals surface area contributed by atoms with E-state index < -0.39 is 98.4 Å². The van der Waals surface area contributed by atoms with E-state index in [2.05, 4.69) is 0 Å². The number of hydrogen-bond acceptors (Lipinski definition) is 5. The van der Waals surface area contributed by atoms with Crippen LogP contribution in [0.25, 0.3) is 22.0 Å². The number of alkyl halides is 3. The lowest BCUT2D eigenvalue weighted by Gasteiger charge is -2.39. The van der Waals surface area contributed by atoms with Crippen LogP contribution in [0.15, 0.2) is 107 Å². The van der Waals surface area contributed by atoms with Gasteiger partial charge in [-0.15, -0.1) is 11.8 Å². The summed E-state index contributed by atoms with van der Waals surface area (Å²) in [5.41, 5.74) is -1.48. The van der Waals surface area contributed by atoms with E-state index >= 15 is 4.79 Å². The molecule has 1 fully saturated rings. The number of piperidine rings is 1. The second-order valence-corrected chi connectivity index (χ2v) is 12.4. The molecule has 0 unspecified atom stereocenters. The lowest BCUT2D eigenvalue weighted by atomic mass is 10.00. The molecule has 0 radical (unpaired) electrons. The zero-order valence-corrected chi connectivity index (χ0v) is 28.2. The second kappa shape index (κ2) is 16.4. The number of ether oxygens (including phenoxy) is 1. The van der Waals surface area contributed by atoms with E-state index in [9.17, 15) is 36.3 Å². The fourth-order valence-electron chi connectivity index (χ4n) is 5.26. The van der Waals surface area contributed by atoms with Gasteiger partial charge < -0.3 is 19.1 Å². The van der Waals surface area contributed by atoms with Crippen LogP contribution in [0, 0.1) is 11.6 Å². The number of fused-ring (bicyclic) bond motifs is 1. The number of halogens is 5. The van der Waals surface area contributed by atoms with Crippen LogP contribution in [-0.2, 0) is 34.5 Å². The minimum atomic E-state index is -4.61. The van der Waals surface area contributed by atoms with E-state index in [0.29, 0.717) is 27.5 Å². The minimum Gasteiger partial charge on any atom is -0.383 e. The molecule has 4 aromatic carbocycles. The van der Waals surface area contributed by atoms with Crippen molar-refractivity contribution in [2.24, 2.45) is 0 Å². The summed E-state index contributed by atoms with van der Waals surface area (Å²) >= 11 is 0.605. The van der Waals surface area contributed by atoms with Crippen molar-refractivity contribution < 1.29 is 46.6 Å². The molecule has 0 aliphatic carbocycles. The lowest BCUT2D eigenvalue weighted by Crippen LogP contribution is -2.48. The number of benzene rings is 4. The molecule has 1 aromatic heterocycles. The number of likely N-dealkylation sites (tertiary alicyclic amines) is 1. The van der Waals surface area contributed by atoms with Crippen molar-refractivity contribution in [1.29, 1.82) is 0 Å². The van der Waals surface area contributed by atoms with Gasteiger partial charge in [0.2, 0.25) is 5.91 Å². The maximum atomic E-state index is 15.3. The quantitative estimate of drug-likeness (QED) is 0.0949. The Hall–Kier alpha value is -4.52. The number of nitrogens with zero attached hydrogens (tertiary/aromatic N) is 3. The van der Waals surface area contributed by atoms with Crippen molar-refractivity contribution in [3.8, 4) is 11.1 Å². The monoisotopic (exact) mass is 746 g/mol. The van der Waals surface area contributed by atoms with Crippen LogP contribution in [0.3, 0.4) is 0 Å². The average Bonchev–Trinajstić information content (AvgIpc) is 3.22. The van der Waals surface area contributed by atoms with E-state index in [4.69, 9.17) is 10.2 Å². The molecule has 0 saturated carbocycles. The molecule has 5 aromatic rings. The van der Waals surface area contributed by atoms with E-state index in [0.717, 1.165) is 24.3 Å². The number of methoxy groups -OCH3 is 1. The van der Waals surface area contributed by atoms with E-state index in [1.54, 1.807) is 0 Å². The summed E-state index contributed by atoms with van der Waals surface area (Å²) < 4.78 is 176. The van der Waals surface area contributed by atoms with Crippen LogP contribution in [0.4, 0.5) is 22.0 Å². The molecule has 272 valence electrons. The van der Waals surface area contributed by atoms with Gasteiger partial charge in [0.1, 0.15) is 6.50 Å². The highest BCUT2D eigenvalue weighted by Crippen LogP contribution is 2.32. The molecule has 6 rings (SSSR count). The fourth-order valence-corrected chi connectivity index (χ4v) is 6.25. The van der Waals surface area contributed by atoms with E-state index in [1.165, 1.54) is 79.9 Å². The predicted octanol–water partition coefficient (Wildman–Crippen LogP) is 8.40. The average molecular weight is 747 g/mol. The van der Waals surface area contributed by atoms with Crippen LogP contribution >= 0.6 is 11.8 Å². The van der Waals surface area contributed by atoms with Gasteiger partial charge in [0.25, 0.3) is 0 Å². The Morgan fingerprint density at radius 2 is 1.65 bits per heavy atom. The van der Waals surface area contributed by atoms with Crippen molar-refractivity contribution in [1.82, 2.24) is 14.4 Å². The van der Waals surface area contributed by atoms with E-state index in [-0.39, 0.29) is 36.9 Å². The van der Waals surface area contributed by atoms with Gasteiger partial charge in [0.15, 0.2) is 17.1 Å². The number of rotatable bonds is 12. The molecule has 1 saturated heterocycles. The summed E-state index contributed by atoms with van der Waals surface area (Å²) in [5.74, 6) is -4.77. The highest BCUT2D eigenvalue weighted by Gasteiger charge is 2.31. The first-order chi connectivity index (χ1) is 29.2. The summed E-state index contributed by atoms with van der Waals surface area (Å²) in [5, 5.41) is -0.502. The Morgan fingerprint density at radius 3 is 2.33 bits per heavy atom. The molecule has 1 amide bonds. The minimum absolute atomic E-state index is 0.0584. The molecule has 0 spiro atoms. The molecule has 52 heavy (non-hydrogen) atoms. The van der Waals surface area contributed by atoms with Crippen LogP contribution in [0.5, 0.6) is 0 Å². The third kappa shape index (κ3) is 8.74. The smallest absolute Gasteiger partial charge is 0.383 e. The maximum absolute atomic E-state index is 15.3. The third-order valence-electron chi connectivity index (χ3n) is 7.99. The Labute approximate surface area is 318 Å². The van der Waals surface area contributed by atoms with Crippen LogP contribution in [-0.4, -0.2) is 59.5 Å². The predicted molar refractivity (Wildman–Crippen MR) is 193 cm³/mol. The number of hydrogen-bond donors (Lipinski definition) is 0. The third-order valence-corrected chi connectivity index (χ3v) is 9.04. The van der Waals surface area contributed by atoms with Gasteiger partial charge in [-0.1, -0.05) is 60.7 Å². The molecule has 0 atom stereocenters. The van der Waals surface area contributed by atoms with Crippen LogP contribution in [0.2, 0.25) is 0 Å². The van der Waals surface area contributed by atoms with Crippen LogP contribution in [0.1, 0.15) is 44.5 Å². The molecule has 12 heteroatoms. The zero-order valence-electron chi connectivity index (χ0n) is 38.4. The Kier molecular flexibility index (Phi) is 8.05. The lowest BCUT2D eigenvalue weighted by molar-refractivity contribution is -0.137. The van der Waals surface area contributed by atoms with Gasteiger partial charge in [-0.3, -0.25) is 9.59 Å². The Bertz CT molecular complexity index is 2550. The summed E-state index contributed by atoms with van der Waals surface area (Å²) in [6, 6.07) is 15.0. The molecule has 6 nitrogen and oxygen atoms in total. The molecule has 0 bridgehead atoms. The Balaban J connectivity index is 1.55. The van der Waals surface area contributed by atoms with Crippen LogP contribution < -0.4 is 5.43 Å². The molecule has 0 N–H and O–H groups in total. The van der Waals surface area contributed by atoms with Gasteiger partial charge >= 0.3 is 6.18 Å². The molecule has 2 heterocycles. The standard InChI is InChI=1S/C40H38F5N3O3S/c1-51-22-21-46-19-17-32(18-20-46)47(24-27-9-11-28(12-10-27)29-13-15-31(16-14-29)40(43,44)45)37(50)25-48-35-8-3-2-6-33(35)36(49)23-38(48)52-26-30-5-4-7-34(41)39(30)42/h2-16,23,32H,17-22,24-26H2,1H3/i17D2,18D2,19D2,20D2,25D2,32D. The summed E-state index contributed by atoms with van der Waals surface area (Å²) in [6.07, 6.45) is -12.4. The normalized spacial score (nSPS) is 22.1. The fraction of sp³-hybridized carbons (Fsp3) is 0.300. The van der Waals surface area contributed by atoms with Gasteiger partial charge in [0, 0.05) is 72.9 Å². The highest BCUT2D eigenvalue weighted by atomic mass is 32.2. The molecule has 1 aliphatic rings. The first-order valence-corrected chi connectivity index (χ1v) is 16.7. The first kappa shape index (κ1) is 25.5. The largest absolute Gasteiger partial charge is 0.416 e. The first-order valence-electron chi connectivity index (χ1n) is 21.2. The summed E-state index contributed by atoms with van der Waals surface area (Å²) in [7, 11) is 1.18. The van der Waals surface area contributed by atoms with Crippen molar-refractivity contribution in [3.05, 3.63) is 136 Å². The highest BCUT2D eigenvalue weighted by molar-refractivity contribution is 7.98. The number of amides is 1. The van der Waals surface area contributed by atoms with Gasteiger partial charge in [-0.2, -0.15) is 13.2 Å². The molecular weight excluding hydrogens is 698 g/mol. The second-order valence-electron chi connectivity index (χ2n) is 11.4. The van der Waals surface area contributed by atoms with Crippen molar-refractivity contribution in [3.63, 3.8) is 0 Å². The Morgan fingerprint density at radius 1 is 0.981 bits per heavy atom. The van der Waals surface area contributed by atoms with Crippen molar-refractivity contribution in [2.45, 2.75) is 48.8 Å². The van der Waals surface area contributed by atoms with Crippen molar-refractivity contribution >= 4 is 28.6 Å². The van der Waals surface area contributed by atoms with Gasteiger partial charge in [-0.05, 0) is 59.8 Å². The molecule has 1 aliphatic heterocycles. The summed E-state index contributed by atoms with van der Waals surface area (Å²) in [4.78, 5) is 29.0. The number of carbonyl (C=O) groups is 1. The van der Waals surface area contributed by atoms with Crippen molar-refractivity contribution in [2.75, 3.05) is 33.3 Å². The topological polar surface area (TPSA) is 54.8 Å². The SMILES string of the molecule is [2H]C([2H])(C(=O)N(Cc1ccc(-c2ccc(C(F)(F)F)cc2)cc1)C1([2H])C([2H])([2H])C([2H])([2H])N(CCOC)C([2H])([2H])C1([2H])[2H])n1c(SCc2cccc(F)c2F)cc(=O)c2ccccc21. The number of thioether (sulfide) groups is 1. The number of carbonyl (C=O) groups excluding carboxylic acids is 1. The van der Waals surface area contributed by atoms with Gasteiger partial charge in [-0.25, -0.2) is 8.78 Å². The summed E-state index contributed by atoms with van der Waals surface area (Å²) in [6.45, 7) is -13.0. The molecular formula is C40H38F5N3O3S. The maximum Gasteiger partial charge on any atom is 0.416 e.